The Morgan fingerprint density at radius 2 is 1.72 bits per heavy atom. The monoisotopic (exact) mass is 815 g/mol. The third kappa shape index (κ3) is 11.5. The second-order valence-electron chi connectivity index (χ2n) is 12.9. The molecule has 1 atom stereocenters. The zero-order chi connectivity index (χ0) is 39.0. The number of benzene rings is 2. The van der Waals surface area contributed by atoms with E-state index < -0.39 is 34.5 Å². The van der Waals surface area contributed by atoms with E-state index >= 15 is 0 Å². The number of methoxy groups -OCH3 is 1. The summed E-state index contributed by atoms with van der Waals surface area (Å²) in [5, 5.41) is 11.9. The number of aromatic nitrogens is 1. The lowest BCUT2D eigenvalue weighted by Gasteiger charge is -2.30. The molecule has 1 aliphatic heterocycles. The van der Waals surface area contributed by atoms with Crippen molar-refractivity contribution < 1.29 is 55.2 Å². The standard InChI is InChI=1S/C36H41Cl2F2N3O10S/c1-49-31-8-5-24(17-29(31)43(54(2,47)48)12-11-41-13-15-50-16-14-41)30(44)7-10-35(45)52-33(19-26-27(37)20-42(46)21-28(26)38)25-6-9-32(53-36(39)40)34(18-25)51-22-23-3-4-23/h5-6,8-9,17-18,20-21,23,33,36H,3-4,7,10-16,19,22H2,1-2H3/t33-/m0/s1. The molecule has 3 aromatic rings. The number of pyridine rings is 1. The summed E-state index contributed by atoms with van der Waals surface area (Å²) in [6.07, 6.45) is 3.21. The van der Waals surface area contributed by atoms with Gasteiger partial charge in [0.15, 0.2) is 29.7 Å². The molecule has 0 unspecified atom stereocenters. The number of hydrogen-bond acceptors (Lipinski definition) is 11. The van der Waals surface area contributed by atoms with Gasteiger partial charge in [-0.3, -0.25) is 18.8 Å². The molecule has 54 heavy (non-hydrogen) atoms. The highest BCUT2D eigenvalue weighted by molar-refractivity contribution is 7.92. The van der Waals surface area contributed by atoms with Crippen molar-refractivity contribution in [3.63, 3.8) is 0 Å². The highest BCUT2D eigenvalue weighted by Gasteiger charge is 2.28. The van der Waals surface area contributed by atoms with Gasteiger partial charge in [0, 0.05) is 50.1 Å². The molecule has 0 bridgehead atoms. The van der Waals surface area contributed by atoms with Crippen LogP contribution < -0.4 is 23.2 Å². The molecule has 294 valence electrons. The summed E-state index contributed by atoms with van der Waals surface area (Å²) in [7, 11) is -2.40. The van der Waals surface area contributed by atoms with Gasteiger partial charge in [-0.2, -0.15) is 13.5 Å². The Hall–Kier alpha value is -3.96. The van der Waals surface area contributed by atoms with Crippen molar-refractivity contribution in [3.05, 3.63) is 80.7 Å². The Labute approximate surface area is 322 Å². The van der Waals surface area contributed by atoms with E-state index in [-0.39, 0.29) is 82.4 Å². The zero-order valence-corrected chi connectivity index (χ0v) is 32.0. The number of esters is 1. The fraction of sp³-hybridized carbons (Fsp3) is 0.472. The molecule has 2 fully saturated rings. The first-order valence-electron chi connectivity index (χ1n) is 17.2. The Morgan fingerprint density at radius 1 is 1.04 bits per heavy atom. The first kappa shape index (κ1) is 41.2. The topological polar surface area (TPSA) is 148 Å². The zero-order valence-electron chi connectivity index (χ0n) is 29.7. The second-order valence-corrected chi connectivity index (χ2v) is 15.6. The predicted molar refractivity (Wildman–Crippen MR) is 195 cm³/mol. The van der Waals surface area contributed by atoms with Crippen molar-refractivity contribution >= 4 is 50.7 Å². The number of sulfonamides is 1. The third-order valence-electron chi connectivity index (χ3n) is 8.90. The summed E-state index contributed by atoms with van der Waals surface area (Å²) in [6.45, 7) is 0.0966. The minimum absolute atomic E-state index is 0.0000187. The fourth-order valence-corrected chi connectivity index (χ4v) is 7.33. The Balaban J connectivity index is 1.34. The SMILES string of the molecule is COc1ccc(C(=O)CCC(=O)O[C@@H](Cc2c(Cl)c[n+]([O-])cc2Cl)c2ccc(OC(F)F)c(OCC3CC3)c2)cc1N(CCN1CCOCC1)S(C)(=O)=O. The molecule has 1 aromatic heterocycles. The minimum Gasteiger partial charge on any atom is -0.619 e. The maximum absolute atomic E-state index is 13.5. The number of ether oxygens (including phenoxy) is 5. The van der Waals surface area contributed by atoms with Crippen molar-refractivity contribution in [2.45, 2.75) is 44.8 Å². The number of rotatable bonds is 19. The normalized spacial score (nSPS) is 15.5. The van der Waals surface area contributed by atoms with Crippen LogP contribution >= 0.6 is 23.2 Å². The quantitative estimate of drug-likeness (QED) is 0.0644. The summed E-state index contributed by atoms with van der Waals surface area (Å²) >= 11 is 12.7. The van der Waals surface area contributed by atoms with Gasteiger partial charge in [0.25, 0.3) is 0 Å². The van der Waals surface area contributed by atoms with Gasteiger partial charge in [-0.25, -0.2) is 8.42 Å². The molecule has 13 nitrogen and oxygen atoms in total. The second kappa shape index (κ2) is 18.6. The molecular weight excluding hydrogens is 775 g/mol. The van der Waals surface area contributed by atoms with Crippen molar-refractivity contribution in [1.82, 2.24) is 4.90 Å². The first-order valence-corrected chi connectivity index (χ1v) is 19.8. The van der Waals surface area contributed by atoms with E-state index in [1.807, 2.05) is 0 Å². The fourth-order valence-electron chi connectivity index (χ4n) is 5.82. The highest BCUT2D eigenvalue weighted by Crippen LogP contribution is 2.38. The van der Waals surface area contributed by atoms with Crippen LogP contribution in [0.2, 0.25) is 10.0 Å². The molecule has 0 radical (unpaired) electrons. The summed E-state index contributed by atoms with van der Waals surface area (Å²) in [5.41, 5.74) is 0.932. The number of halogens is 4. The van der Waals surface area contributed by atoms with Crippen molar-refractivity contribution in [3.8, 4) is 17.2 Å². The molecule has 5 rings (SSSR count). The number of alkyl halides is 2. The van der Waals surface area contributed by atoms with E-state index in [1.165, 1.54) is 47.8 Å². The van der Waals surface area contributed by atoms with Crippen LogP contribution in [0.4, 0.5) is 14.5 Å². The van der Waals surface area contributed by atoms with Crippen LogP contribution in [0, 0.1) is 11.1 Å². The number of anilines is 1. The number of carbonyl (C=O) groups excluding carboxylic acids is 2. The molecule has 18 heteroatoms. The van der Waals surface area contributed by atoms with Gasteiger partial charge in [0.2, 0.25) is 10.0 Å². The lowest BCUT2D eigenvalue weighted by molar-refractivity contribution is -0.605. The van der Waals surface area contributed by atoms with Gasteiger partial charge >= 0.3 is 12.6 Å². The van der Waals surface area contributed by atoms with Gasteiger partial charge in [0.1, 0.15) is 21.9 Å². The molecule has 0 amide bonds. The summed E-state index contributed by atoms with van der Waals surface area (Å²) in [5.74, 6) is -0.920. The lowest BCUT2D eigenvalue weighted by Crippen LogP contribution is -2.43. The van der Waals surface area contributed by atoms with Crippen molar-refractivity contribution in [2.24, 2.45) is 5.92 Å². The van der Waals surface area contributed by atoms with Gasteiger partial charge in [0.05, 0.1) is 45.3 Å². The number of hydrogen-bond donors (Lipinski definition) is 0. The van der Waals surface area contributed by atoms with E-state index in [0.29, 0.717) is 43.1 Å². The van der Waals surface area contributed by atoms with E-state index in [4.69, 9.17) is 42.1 Å². The van der Waals surface area contributed by atoms with Crippen LogP contribution in [0.3, 0.4) is 0 Å². The van der Waals surface area contributed by atoms with Gasteiger partial charge < -0.3 is 28.9 Å². The van der Waals surface area contributed by atoms with E-state index in [1.54, 1.807) is 0 Å². The van der Waals surface area contributed by atoms with Crippen LogP contribution in [-0.4, -0.2) is 91.0 Å². The molecular formula is C36H41Cl2F2N3O10S. The molecule has 2 aliphatic rings. The van der Waals surface area contributed by atoms with E-state index in [2.05, 4.69) is 9.64 Å². The van der Waals surface area contributed by atoms with Gasteiger partial charge in [-0.05, 0) is 54.7 Å². The maximum Gasteiger partial charge on any atom is 0.387 e. The van der Waals surface area contributed by atoms with Gasteiger partial charge in [-0.15, -0.1) is 0 Å². The number of Topliss-reactive ketones (excluding diaryl/α,β-unsaturated/α-hetero) is 1. The van der Waals surface area contributed by atoms with Crippen LogP contribution in [0.25, 0.3) is 0 Å². The number of morpholine rings is 1. The number of nitrogens with zero attached hydrogens (tertiary/aromatic N) is 3. The molecule has 0 N–H and O–H groups in total. The van der Waals surface area contributed by atoms with Crippen LogP contribution in [0.15, 0.2) is 48.8 Å². The van der Waals surface area contributed by atoms with Crippen LogP contribution in [0.5, 0.6) is 17.2 Å². The molecule has 0 spiro atoms. The molecule has 1 aliphatic carbocycles. The lowest BCUT2D eigenvalue weighted by atomic mass is 10.0. The Kier molecular flexibility index (Phi) is 14.2. The largest absolute Gasteiger partial charge is 0.619 e. The number of ketones is 1. The molecule has 2 heterocycles. The number of carbonyl (C=O) groups is 2. The van der Waals surface area contributed by atoms with Crippen molar-refractivity contribution in [1.29, 1.82) is 0 Å². The highest BCUT2D eigenvalue weighted by atomic mass is 35.5. The van der Waals surface area contributed by atoms with Crippen molar-refractivity contribution in [2.75, 3.05) is 63.7 Å². The minimum atomic E-state index is -3.79. The summed E-state index contributed by atoms with van der Waals surface area (Å²) in [6, 6.07) is 8.52. The van der Waals surface area contributed by atoms with Crippen LogP contribution in [-0.2, 0) is 30.7 Å². The first-order chi connectivity index (χ1) is 25.7. The van der Waals surface area contributed by atoms with Gasteiger partial charge in [-0.1, -0.05) is 29.3 Å². The molecule has 2 aromatic carbocycles. The molecule has 1 saturated carbocycles. The summed E-state index contributed by atoms with van der Waals surface area (Å²) in [4.78, 5) is 28.9. The Morgan fingerprint density at radius 3 is 2.35 bits per heavy atom. The predicted octanol–water partition coefficient (Wildman–Crippen LogP) is 5.61. The molecule has 1 saturated heterocycles. The smallest absolute Gasteiger partial charge is 0.387 e. The average molecular weight is 817 g/mol. The summed E-state index contributed by atoms with van der Waals surface area (Å²) < 4.78 is 81.0. The third-order valence-corrected chi connectivity index (χ3v) is 10.7. The van der Waals surface area contributed by atoms with Crippen LogP contribution in [0.1, 0.15) is 53.3 Å². The van der Waals surface area contributed by atoms with E-state index in [0.717, 1.165) is 31.5 Å². The average Bonchev–Trinajstić information content (AvgIpc) is 3.95. The Bertz CT molecular complexity index is 1890. The van der Waals surface area contributed by atoms with E-state index in [9.17, 15) is 32.0 Å². The maximum atomic E-state index is 13.5.